The van der Waals surface area contributed by atoms with E-state index in [9.17, 15) is 14.9 Å². The number of carbonyl (C=O) groups is 1. The molecule has 0 aliphatic rings. The zero-order chi connectivity index (χ0) is 21.3. The number of Topliss-reactive ketones (excluding diaryl/α,β-unsaturated/α-hetero) is 1. The number of aromatic nitrogens is 3. The summed E-state index contributed by atoms with van der Waals surface area (Å²) in [5, 5.41) is 18.1. The van der Waals surface area contributed by atoms with Crippen molar-refractivity contribution in [3.05, 3.63) is 70.0 Å². The molecular formula is C20H16N6O3S. The highest BCUT2D eigenvalue weighted by Crippen LogP contribution is 2.35. The Hall–Kier alpha value is -3.92. The molecule has 9 nitrogen and oxygen atoms in total. The van der Waals surface area contributed by atoms with Gasteiger partial charge in [0, 0.05) is 11.3 Å². The summed E-state index contributed by atoms with van der Waals surface area (Å²) in [7, 11) is 0. The minimum absolute atomic E-state index is 0.0324. The van der Waals surface area contributed by atoms with Crippen molar-refractivity contribution in [1.29, 1.82) is 0 Å². The lowest BCUT2D eigenvalue weighted by molar-refractivity contribution is -0.383. The molecule has 4 rings (SSSR count). The number of carbonyl (C=O) groups excluding carboxylic acids is 1. The van der Waals surface area contributed by atoms with E-state index in [0.717, 1.165) is 15.8 Å². The molecule has 10 heteroatoms. The number of ketones is 1. The largest absolute Gasteiger partial charge is 0.353 e. The number of thiazole rings is 1. The number of hydrogen-bond acceptors (Lipinski definition) is 9. The molecule has 0 spiro atoms. The van der Waals surface area contributed by atoms with Crippen LogP contribution in [0.25, 0.3) is 10.2 Å². The Kier molecular flexibility index (Phi) is 5.07. The molecule has 0 unspecified atom stereocenters. The van der Waals surface area contributed by atoms with E-state index >= 15 is 0 Å². The Balaban J connectivity index is 1.66. The van der Waals surface area contributed by atoms with Gasteiger partial charge in [-0.1, -0.05) is 17.4 Å². The Labute approximate surface area is 175 Å². The average Bonchev–Trinajstić information content (AvgIpc) is 3.09. The first-order valence-corrected chi connectivity index (χ1v) is 9.74. The van der Waals surface area contributed by atoms with Crippen molar-refractivity contribution in [2.24, 2.45) is 0 Å². The predicted molar refractivity (Wildman–Crippen MR) is 116 cm³/mol. The maximum absolute atomic E-state index is 11.8. The van der Waals surface area contributed by atoms with Gasteiger partial charge in [-0.2, -0.15) is 0 Å². The van der Waals surface area contributed by atoms with Crippen molar-refractivity contribution in [2.75, 3.05) is 10.6 Å². The fourth-order valence-electron chi connectivity index (χ4n) is 2.85. The molecule has 0 atom stereocenters. The monoisotopic (exact) mass is 420 g/mol. The van der Waals surface area contributed by atoms with Gasteiger partial charge in [-0.3, -0.25) is 14.9 Å². The van der Waals surface area contributed by atoms with Crippen LogP contribution >= 0.6 is 11.3 Å². The molecule has 0 saturated carbocycles. The average molecular weight is 420 g/mol. The van der Waals surface area contributed by atoms with Crippen molar-refractivity contribution in [3.8, 4) is 0 Å². The lowest BCUT2D eigenvalue weighted by Crippen LogP contribution is -2.05. The summed E-state index contributed by atoms with van der Waals surface area (Å²) in [5.74, 6) is 0.00532. The van der Waals surface area contributed by atoms with E-state index < -0.39 is 4.92 Å². The van der Waals surface area contributed by atoms with Gasteiger partial charge in [-0.25, -0.2) is 15.0 Å². The van der Waals surface area contributed by atoms with Crippen molar-refractivity contribution < 1.29 is 9.72 Å². The molecule has 0 radical (unpaired) electrons. The fourth-order valence-corrected chi connectivity index (χ4v) is 3.81. The molecule has 2 N–H and O–H groups in total. The van der Waals surface area contributed by atoms with Crippen molar-refractivity contribution in [3.63, 3.8) is 0 Å². The molecule has 150 valence electrons. The van der Waals surface area contributed by atoms with Gasteiger partial charge >= 0.3 is 5.69 Å². The van der Waals surface area contributed by atoms with E-state index in [4.69, 9.17) is 0 Å². The lowest BCUT2D eigenvalue weighted by Gasteiger charge is -2.09. The Morgan fingerprint density at radius 2 is 1.77 bits per heavy atom. The SMILES string of the molecule is CC(=O)c1ccc(Nc2ncnc(Nc3nc4ccc(C)cc4s3)c2[N+](=O)[O-])cc1. The first-order chi connectivity index (χ1) is 14.4. The lowest BCUT2D eigenvalue weighted by atomic mass is 10.1. The van der Waals surface area contributed by atoms with Crippen molar-refractivity contribution >= 4 is 55.5 Å². The van der Waals surface area contributed by atoms with Gasteiger partial charge in [0.25, 0.3) is 0 Å². The highest BCUT2D eigenvalue weighted by molar-refractivity contribution is 7.22. The molecule has 30 heavy (non-hydrogen) atoms. The van der Waals surface area contributed by atoms with Gasteiger partial charge in [0.15, 0.2) is 10.9 Å². The van der Waals surface area contributed by atoms with E-state index in [1.165, 1.54) is 24.6 Å². The van der Waals surface area contributed by atoms with Crippen LogP contribution in [0.3, 0.4) is 0 Å². The highest BCUT2D eigenvalue weighted by Gasteiger charge is 2.24. The van der Waals surface area contributed by atoms with E-state index in [1.54, 1.807) is 24.3 Å². The summed E-state index contributed by atoms with van der Waals surface area (Å²) in [5.41, 5.74) is 2.71. The molecule has 4 aromatic rings. The minimum Gasteiger partial charge on any atom is -0.334 e. The van der Waals surface area contributed by atoms with Crippen LogP contribution in [0.1, 0.15) is 22.8 Å². The summed E-state index contributed by atoms with van der Waals surface area (Å²) >= 11 is 1.38. The summed E-state index contributed by atoms with van der Waals surface area (Å²) < 4.78 is 0.970. The van der Waals surface area contributed by atoms with Crippen molar-refractivity contribution in [2.45, 2.75) is 13.8 Å². The van der Waals surface area contributed by atoms with Crippen LogP contribution in [0.4, 0.5) is 28.1 Å². The molecule has 2 heterocycles. The molecule has 0 fully saturated rings. The van der Waals surface area contributed by atoms with Gasteiger partial charge in [0.2, 0.25) is 11.6 Å². The van der Waals surface area contributed by atoms with Crippen LogP contribution in [0.2, 0.25) is 0 Å². The molecule has 0 bridgehead atoms. The first kappa shape index (κ1) is 19.4. The molecule has 0 aliphatic heterocycles. The van der Waals surface area contributed by atoms with Gasteiger partial charge in [0.1, 0.15) is 6.33 Å². The van der Waals surface area contributed by atoms with E-state index in [0.29, 0.717) is 16.4 Å². The van der Waals surface area contributed by atoms with E-state index in [2.05, 4.69) is 25.6 Å². The van der Waals surface area contributed by atoms with Crippen LogP contribution in [0, 0.1) is 17.0 Å². The zero-order valence-corrected chi connectivity index (χ0v) is 16.9. The summed E-state index contributed by atoms with van der Waals surface area (Å²) in [6.07, 6.45) is 1.24. The number of nitrogens with zero attached hydrogens (tertiary/aromatic N) is 4. The van der Waals surface area contributed by atoms with Crippen molar-refractivity contribution in [1.82, 2.24) is 15.0 Å². The highest BCUT2D eigenvalue weighted by atomic mass is 32.1. The number of fused-ring (bicyclic) bond motifs is 1. The van der Waals surface area contributed by atoms with Crippen LogP contribution in [-0.4, -0.2) is 25.7 Å². The number of nitro groups is 1. The number of hydrogen-bond donors (Lipinski definition) is 2. The normalized spacial score (nSPS) is 10.7. The molecular weight excluding hydrogens is 404 g/mol. The second-order valence-electron chi connectivity index (χ2n) is 6.55. The third-order valence-corrected chi connectivity index (χ3v) is 5.26. The Morgan fingerprint density at radius 3 is 2.43 bits per heavy atom. The number of benzene rings is 2. The maximum Gasteiger partial charge on any atom is 0.353 e. The third kappa shape index (κ3) is 3.94. The zero-order valence-electron chi connectivity index (χ0n) is 16.0. The minimum atomic E-state index is -0.550. The maximum atomic E-state index is 11.8. The van der Waals surface area contributed by atoms with Crippen LogP contribution < -0.4 is 10.6 Å². The number of anilines is 4. The van der Waals surface area contributed by atoms with Gasteiger partial charge in [-0.15, -0.1) is 0 Å². The molecule has 2 aromatic heterocycles. The van der Waals surface area contributed by atoms with E-state index in [1.807, 2.05) is 25.1 Å². The van der Waals surface area contributed by atoms with Crippen LogP contribution in [0.5, 0.6) is 0 Å². The quantitative estimate of drug-likeness (QED) is 0.254. The molecule has 0 aliphatic carbocycles. The number of aryl methyl sites for hydroxylation is 1. The second kappa shape index (κ2) is 7.84. The Bertz CT molecular complexity index is 1270. The van der Waals surface area contributed by atoms with Crippen LogP contribution in [-0.2, 0) is 0 Å². The summed E-state index contributed by atoms with van der Waals surface area (Å²) in [4.78, 5) is 35.2. The number of rotatable bonds is 6. The van der Waals surface area contributed by atoms with Crippen LogP contribution in [0.15, 0.2) is 48.8 Å². The number of nitrogens with one attached hydrogen (secondary N) is 2. The van der Waals surface area contributed by atoms with Gasteiger partial charge < -0.3 is 10.6 Å². The standard InChI is InChI=1S/C20H16N6O3S/c1-11-3-8-15-16(9-11)30-20(24-15)25-19-17(26(28)29)18(21-10-22-19)23-14-6-4-13(5-7-14)12(2)27/h3-10H,1-2H3,(H2,21,22,23,24,25). The second-order valence-corrected chi connectivity index (χ2v) is 7.58. The summed E-state index contributed by atoms with van der Waals surface area (Å²) in [6, 6.07) is 12.5. The molecule has 0 saturated heterocycles. The van der Waals surface area contributed by atoms with Gasteiger partial charge in [0.05, 0.1) is 15.1 Å². The topological polar surface area (TPSA) is 123 Å². The first-order valence-electron chi connectivity index (χ1n) is 8.92. The molecule has 0 amide bonds. The van der Waals surface area contributed by atoms with E-state index in [-0.39, 0.29) is 23.1 Å². The Morgan fingerprint density at radius 1 is 1.07 bits per heavy atom. The summed E-state index contributed by atoms with van der Waals surface area (Å²) in [6.45, 7) is 3.46. The smallest absolute Gasteiger partial charge is 0.334 e. The van der Waals surface area contributed by atoms with Gasteiger partial charge in [-0.05, 0) is 55.8 Å². The fraction of sp³-hybridized carbons (Fsp3) is 0.100. The predicted octanol–water partition coefficient (Wildman–Crippen LogP) is 4.99. The third-order valence-electron chi connectivity index (χ3n) is 4.33. The molecule has 2 aromatic carbocycles.